The van der Waals surface area contributed by atoms with Gasteiger partial charge in [-0.15, -0.1) is 0 Å². The van der Waals surface area contributed by atoms with Crippen molar-refractivity contribution in [1.29, 1.82) is 0 Å². The standard InChI is InChI=1S/C75H128O6/c1-4-7-10-13-16-19-22-25-27-29-31-32-33-34-35-36-37-38-39-40-41-42-44-45-47-50-53-56-59-62-65-68-74(77)80-71-72(70-79-73(76)67-64-61-58-55-52-49-24-21-18-15-12-9-6-3)81-75(78)69-66-63-60-57-54-51-48-46-43-30-28-26-23-20-17-14-11-8-5-2/h7,9-10,12,16,18-19,21,25,27,31-32,34-35,49,52,58,61,72H,4-6,8,11,13-15,17,20,22-24,26,28-30,33,36-48,50-51,53-57,59-60,62-71H2,1-3H3/b10-7-,12-9-,19-16-,21-18-,27-25-,32-31-,35-34-,52-49-,61-58-. The van der Waals surface area contributed by atoms with E-state index in [0.29, 0.717) is 19.3 Å². The van der Waals surface area contributed by atoms with E-state index >= 15 is 0 Å². The first-order valence-corrected chi connectivity index (χ1v) is 34.4. The van der Waals surface area contributed by atoms with E-state index in [-0.39, 0.29) is 37.5 Å². The van der Waals surface area contributed by atoms with E-state index in [1.807, 2.05) is 6.08 Å². The van der Waals surface area contributed by atoms with Gasteiger partial charge in [-0.25, -0.2) is 0 Å². The summed E-state index contributed by atoms with van der Waals surface area (Å²) < 4.78 is 16.9. The molecule has 0 aliphatic heterocycles. The van der Waals surface area contributed by atoms with Crippen LogP contribution in [0.5, 0.6) is 0 Å². The smallest absolute Gasteiger partial charge is 0.306 e. The molecule has 6 heteroatoms. The largest absolute Gasteiger partial charge is 0.462 e. The topological polar surface area (TPSA) is 78.9 Å². The minimum absolute atomic E-state index is 0.0969. The molecule has 0 aliphatic rings. The summed E-state index contributed by atoms with van der Waals surface area (Å²) >= 11 is 0. The van der Waals surface area contributed by atoms with Crippen molar-refractivity contribution in [2.24, 2.45) is 0 Å². The van der Waals surface area contributed by atoms with Crippen LogP contribution >= 0.6 is 0 Å². The number of carbonyl (C=O) groups excluding carboxylic acids is 3. The van der Waals surface area contributed by atoms with Crippen LogP contribution in [0.15, 0.2) is 109 Å². The molecule has 1 atom stereocenters. The Balaban J connectivity index is 4.25. The van der Waals surface area contributed by atoms with Gasteiger partial charge in [0.25, 0.3) is 0 Å². The minimum Gasteiger partial charge on any atom is -0.462 e. The molecule has 0 radical (unpaired) electrons. The fourth-order valence-electron chi connectivity index (χ4n) is 9.72. The molecule has 0 saturated heterocycles. The van der Waals surface area contributed by atoms with Crippen LogP contribution in [0.4, 0.5) is 0 Å². The molecule has 81 heavy (non-hydrogen) atoms. The zero-order chi connectivity index (χ0) is 58.5. The van der Waals surface area contributed by atoms with E-state index in [9.17, 15) is 14.4 Å². The van der Waals surface area contributed by atoms with E-state index in [1.54, 1.807) is 0 Å². The van der Waals surface area contributed by atoms with Crippen LogP contribution in [0.3, 0.4) is 0 Å². The zero-order valence-electron chi connectivity index (χ0n) is 53.3. The lowest BCUT2D eigenvalue weighted by molar-refractivity contribution is -0.166. The number of allylic oxidation sites excluding steroid dienone is 18. The van der Waals surface area contributed by atoms with Crippen LogP contribution in [0.2, 0.25) is 0 Å². The lowest BCUT2D eigenvalue weighted by Crippen LogP contribution is -2.30. The predicted octanol–water partition coefficient (Wildman–Crippen LogP) is 23.8. The van der Waals surface area contributed by atoms with Crippen LogP contribution in [0, 0.1) is 0 Å². The van der Waals surface area contributed by atoms with Gasteiger partial charge in [0.05, 0.1) is 0 Å². The maximum absolute atomic E-state index is 12.9. The van der Waals surface area contributed by atoms with Crippen molar-refractivity contribution >= 4 is 17.9 Å². The van der Waals surface area contributed by atoms with Gasteiger partial charge < -0.3 is 14.2 Å². The predicted molar refractivity (Wildman–Crippen MR) is 353 cm³/mol. The van der Waals surface area contributed by atoms with Crippen molar-refractivity contribution in [3.8, 4) is 0 Å². The summed E-state index contributed by atoms with van der Waals surface area (Å²) in [6.45, 7) is 6.39. The van der Waals surface area contributed by atoms with Crippen molar-refractivity contribution in [2.75, 3.05) is 13.2 Å². The Labute approximate surface area is 501 Å². The molecule has 0 N–H and O–H groups in total. The third kappa shape index (κ3) is 66.8. The molecule has 1 unspecified atom stereocenters. The number of ether oxygens (including phenoxy) is 3. The molecule has 0 aliphatic carbocycles. The Morgan fingerprint density at radius 1 is 0.259 bits per heavy atom. The summed E-state index contributed by atoms with van der Waals surface area (Å²) in [4.78, 5) is 38.3. The van der Waals surface area contributed by atoms with Gasteiger partial charge in [-0.1, -0.05) is 329 Å². The second-order valence-electron chi connectivity index (χ2n) is 22.7. The molecule has 0 aromatic carbocycles. The van der Waals surface area contributed by atoms with E-state index in [2.05, 4.69) is 124 Å². The highest BCUT2D eigenvalue weighted by molar-refractivity contribution is 5.71. The van der Waals surface area contributed by atoms with Gasteiger partial charge in [0.2, 0.25) is 0 Å². The van der Waals surface area contributed by atoms with E-state index in [0.717, 1.165) is 96.3 Å². The summed E-state index contributed by atoms with van der Waals surface area (Å²) in [5.41, 5.74) is 0. The average molecular weight is 1130 g/mol. The first-order valence-electron chi connectivity index (χ1n) is 34.4. The molecule has 0 amide bonds. The van der Waals surface area contributed by atoms with Gasteiger partial charge in [-0.05, 0) is 89.9 Å². The third-order valence-corrected chi connectivity index (χ3v) is 14.8. The summed E-state index contributed by atoms with van der Waals surface area (Å²) in [5, 5.41) is 0. The van der Waals surface area contributed by atoms with Gasteiger partial charge in [0.15, 0.2) is 6.10 Å². The molecule has 0 saturated carbocycles. The summed E-state index contributed by atoms with van der Waals surface area (Å²) in [7, 11) is 0. The van der Waals surface area contributed by atoms with Crippen LogP contribution in [0.25, 0.3) is 0 Å². The van der Waals surface area contributed by atoms with E-state index in [1.165, 1.54) is 186 Å². The number of esters is 3. The molecule has 6 nitrogen and oxygen atoms in total. The van der Waals surface area contributed by atoms with Gasteiger partial charge in [0, 0.05) is 19.3 Å². The average Bonchev–Trinajstić information content (AvgIpc) is 3.46. The Bertz CT molecular complexity index is 1620. The number of unbranched alkanes of at least 4 members (excludes halogenated alkanes) is 33. The second kappa shape index (κ2) is 68.6. The van der Waals surface area contributed by atoms with Crippen LogP contribution in [-0.4, -0.2) is 37.2 Å². The Hall–Kier alpha value is -3.93. The second-order valence-corrected chi connectivity index (χ2v) is 22.7. The zero-order valence-corrected chi connectivity index (χ0v) is 53.3. The quantitative estimate of drug-likeness (QED) is 0.0261. The van der Waals surface area contributed by atoms with Gasteiger partial charge in [-0.3, -0.25) is 14.4 Å². The van der Waals surface area contributed by atoms with Crippen LogP contribution in [0.1, 0.15) is 329 Å². The Kier molecular flexibility index (Phi) is 65.2. The normalized spacial score (nSPS) is 12.8. The SMILES string of the molecule is CC/C=C\C/C=C\C/C=C\C/C=C\C/C=C\CCCCCCCCCCCCCCCCCC(=O)OCC(COC(=O)CC/C=C\C/C=C\C/C=C\C/C=C\CC)OC(=O)CCCCCCCCCCCCCCCCCCCCC. The highest BCUT2D eigenvalue weighted by Gasteiger charge is 2.19. The molecule has 0 aromatic heterocycles. The van der Waals surface area contributed by atoms with Gasteiger partial charge in [0.1, 0.15) is 13.2 Å². The van der Waals surface area contributed by atoms with Crippen molar-refractivity contribution in [1.82, 2.24) is 0 Å². The fraction of sp³-hybridized carbons (Fsp3) is 0.720. The molecule has 0 rings (SSSR count). The summed E-state index contributed by atoms with van der Waals surface area (Å²) in [6, 6.07) is 0. The maximum Gasteiger partial charge on any atom is 0.306 e. The Morgan fingerprint density at radius 2 is 0.506 bits per heavy atom. The molecule has 464 valence electrons. The number of carbonyl (C=O) groups is 3. The molecular weight excluding hydrogens is 997 g/mol. The monoisotopic (exact) mass is 1120 g/mol. The summed E-state index contributed by atoms with van der Waals surface area (Å²) in [6.07, 6.45) is 94.2. The molecule has 0 fully saturated rings. The number of hydrogen-bond donors (Lipinski definition) is 0. The van der Waals surface area contributed by atoms with E-state index < -0.39 is 6.10 Å². The van der Waals surface area contributed by atoms with Gasteiger partial charge >= 0.3 is 17.9 Å². The van der Waals surface area contributed by atoms with Crippen LogP contribution in [-0.2, 0) is 28.6 Å². The van der Waals surface area contributed by atoms with Crippen molar-refractivity contribution in [2.45, 2.75) is 335 Å². The van der Waals surface area contributed by atoms with Crippen molar-refractivity contribution in [3.05, 3.63) is 109 Å². The Morgan fingerprint density at radius 3 is 0.827 bits per heavy atom. The highest BCUT2D eigenvalue weighted by Crippen LogP contribution is 2.17. The van der Waals surface area contributed by atoms with Crippen molar-refractivity contribution < 1.29 is 28.6 Å². The van der Waals surface area contributed by atoms with E-state index in [4.69, 9.17) is 14.2 Å². The molecule has 0 aromatic rings. The van der Waals surface area contributed by atoms with Crippen LogP contribution < -0.4 is 0 Å². The third-order valence-electron chi connectivity index (χ3n) is 14.8. The lowest BCUT2D eigenvalue weighted by Gasteiger charge is -2.18. The molecule has 0 bridgehead atoms. The van der Waals surface area contributed by atoms with Gasteiger partial charge in [-0.2, -0.15) is 0 Å². The molecule has 0 spiro atoms. The number of hydrogen-bond acceptors (Lipinski definition) is 6. The highest BCUT2D eigenvalue weighted by atomic mass is 16.6. The first-order chi connectivity index (χ1) is 40.0. The first kappa shape index (κ1) is 77.1. The minimum atomic E-state index is -0.806. The van der Waals surface area contributed by atoms with Crippen molar-refractivity contribution in [3.63, 3.8) is 0 Å². The lowest BCUT2D eigenvalue weighted by atomic mass is 10.0. The maximum atomic E-state index is 12.9. The molecule has 0 heterocycles. The number of rotatable bonds is 62. The fourth-order valence-corrected chi connectivity index (χ4v) is 9.72. The summed E-state index contributed by atoms with van der Waals surface area (Å²) in [5.74, 6) is -0.968. The molecular formula is C75H128O6.